The van der Waals surface area contributed by atoms with Gasteiger partial charge in [-0.15, -0.1) is 0 Å². The van der Waals surface area contributed by atoms with E-state index in [-0.39, 0.29) is 11.9 Å². The third kappa shape index (κ3) is 2.81. The van der Waals surface area contributed by atoms with Gasteiger partial charge >= 0.3 is 11.7 Å². The summed E-state index contributed by atoms with van der Waals surface area (Å²) < 4.78 is 18.9. The van der Waals surface area contributed by atoms with E-state index < -0.39 is 28.0 Å². The van der Waals surface area contributed by atoms with Gasteiger partial charge in [-0.05, 0) is 25.7 Å². The fourth-order valence-electron chi connectivity index (χ4n) is 2.13. The van der Waals surface area contributed by atoms with Crippen LogP contribution in [0.1, 0.15) is 36.0 Å². The first-order valence-corrected chi connectivity index (χ1v) is 5.87. The monoisotopic (exact) mass is 269 g/mol. The maximum absolute atomic E-state index is 13.4. The summed E-state index contributed by atoms with van der Waals surface area (Å²) >= 11 is 0. The predicted molar refractivity (Wildman–Crippen MR) is 62.9 cm³/mol. The van der Waals surface area contributed by atoms with Gasteiger partial charge in [-0.25, -0.2) is 9.18 Å². The molecule has 1 saturated carbocycles. The largest absolute Gasteiger partial charge is 0.483 e. The Hall–Kier alpha value is -2.18. The highest BCUT2D eigenvalue weighted by Gasteiger charge is 2.26. The third-order valence-corrected chi connectivity index (χ3v) is 3.07. The number of carbonyl (C=O) groups is 1. The molecule has 0 atom stereocenters. The lowest BCUT2D eigenvalue weighted by Crippen LogP contribution is -2.13. The fourth-order valence-corrected chi connectivity index (χ4v) is 2.13. The number of nitro groups is 1. The molecule has 0 heterocycles. The summed E-state index contributed by atoms with van der Waals surface area (Å²) in [5.74, 6) is -2.81. The van der Waals surface area contributed by atoms with Crippen LogP contribution >= 0.6 is 0 Å². The molecule has 2 rings (SSSR count). The smallest absolute Gasteiger partial charge is 0.338 e. The van der Waals surface area contributed by atoms with Crippen LogP contribution in [-0.2, 0) is 0 Å². The van der Waals surface area contributed by atoms with Crippen molar-refractivity contribution in [1.82, 2.24) is 0 Å². The number of rotatable bonds is 4. The van der Waals surface area contributed by atoms with Crippen LogP contribution in [0.2, 0.25) is 0 Å². The Morgan fingerprint density at radius 2 is 2.05 bits per heavy atom. The van der Waals surface area contributed by atoms with Crippen LogP contribution in [-0.4, -0.2) is 22.1 Å². The maximum Gasteiger partial charge on any atom is 0.338 e. The Morgan fingerprint density at radius 3 is 2.58 bits per heavy atom. The second-order valence-corrected chi connectivity index (χ2v) is 4.39. The predicted octanol–water partition coefficient (Wildman–Crippen LogP) is 2.75. The Balaban J connectivity index is 2.39. The van der Waals surface area contributed by atoms with Gasteiger partial charge in [0.2, 0.25) is 0 Å². The quantitative estimate of drug-likeness (QED) is 0.670. The second-order valence-electron chi connectivity index (χ2n) is 4.39. The summed E-state index contributed by atoms with van der Waals surface area (Å²) in [4.78, 5) is 20.9. The third-order valence-electron chi connectivity index (χ3n) is 3.07. The number of hydrogen-bond donors (Lipinski definition) is 1. The lowest BCUT2D eigenvalue weighted by Gasteiger charge is -2.13. The molecular formula is C12H12FNO5. The lowest BCUT2D eigenvalue weighted by molar-refractivity contribution is -0.386. The topological polar surface area (TPSA) is 89.7 Å². The van der Waals surface area contributed by atoms with E-state index in [1.165, 1.54) is 0 Å². The fraction of sp³-hybridized carbons (Fsp3) is 0.417. The van der Waals surface area contributed by atoms with Crippen LogP contribution < -0.4 is 4.74 Å². The van der Waals surface area contributed by atoms with E-state index in [2.05, 4.69) is 0 Å². The van der Waals surface area contributed by atoms with Crippen molar-refractivity contribution in [2.75, 3.05) is 0 Å². The number of hydrogen-bond acceptors (Lipinski definition) is 4. The number of nitro benzene ring substituents is 1. The lowest BCUT2D eigenvalue weighted by atomic mass is 10.1. The highest BCUT2D eigenvalue weighted by molar-refractivity contribution is 5.89. The molecule has 0 spiro atoms. The zero-order valence-electron chi connectivity index (χ0n) is 9.97. The molecule has 1 aromatic carbocycles. The molecule has 0 aliphatic heterocycles. The Labute approximate surface area is 108 Å². The molecule has 0 radical (unpaired) electrons. The highest BCUT2D eigenvalue weighted by Crippen LogP contribution is 2.33. The minimum atomic E-state index is -1.48. The van der Waals surface area contributed by atoms with Gasteiger partial charge in [0, 0.05) is 6.07 Å². The normalized spacial score (nSPS) is 15.4. The molecule has 0 aromatic heterocycles. The minimum absolute atomic E-state index is 0.175. The molecular weight excluding hydrogens is 257 g/mol. The number of nitrogens with zero attached hydrogens (tertiary/aromatic N) is 1. The van der Waals surface area contributed by atoms with E-state index >= 15 is 0 Å². The minimum Gasteiger partial charge on any atom is -0.483 e. The first-order valence-electron chi connectivity index (χ1n) is 5.87. The summed E-state index contributed by atoms with van der Waals surface area (Å²) in [6.45, 7) is 0. The zero-order chi connectivity index (χ0) is 14.0. The Bertz CT molecular complexity index is 525. The van der Waals surface area contributed by atoms with E-state index in [4.69, 9.17) is 9.84 Å². The number of carboxylic acid groups (broad SMARTS) is 1. The molecule has 1 aromatic rings. The van der Waals surface area contributed by atoms with Crippen LogP contribution in [0.4, 0.5) is 10.1 Å². The van der Waals surface area contributed by atoms with Crippen LogP contribution in [0.5, 0.6) is 5.75 Å². The van der Waals surface area contributed by atoms with Gasteiger partial charge < -0.3 is 9.84 Å². The summed E-state index contributed by atoms with van der Waals surface area (Å²) in [5.41, 5.74) is -1.17. The molecule has 7 heteroatoms. The van der Waals surface area contributed by atoms with E-state index in [0.29, 0.717) is 6.07 Å². The Kier molecular flexibility index (Phi) is 3.64. The maximum atomic E-state index is 13.4. The van der Waals surface area contributed by atoms with Crippen molar-refractivity contribution in [1.29, 1.82) is 0 Å². The molecule has 1 aliphatic carbocycles. The summed E-state index contributed by atoms with van der Waals surface area (Å²) in [6, 6.07) is 1.47. The average molecular weight is 269 g/mol. The molecule has 0 bridgehead atoms. The first-order chi connectivity index (χ1) is 8.99. The molecule has 0 saturated heterocycles. The van der Waals surface area contributed by atoms with Crippen molar-refractivity contribution < 1.29 is 24.0 Å². The summed E-state index contributed by atoms with van der Waals surface area (Å²) in [7, 11) is 0. The van der Waals surface area contributed by atoms with E-state index in [0.717, 1.165) is 31.7 Å². The van der Waals surface area contributed by atoms with Crippen molar-refractivity contribution in [3.8, 4) is 5.75 Å². The number of halogens is 1. The summed E-state index contributed by atoms with van der Waals surface area (Å²) in [5, 5.41) is 19.7. The second kappa shape index (κ2) is 5.21. The number of benzene rings is 1. The van der Waals surface area contributed by atoms with Gasteiger partial charge in [0.15, 0.2) is 5.75 Å². The summed E-state index contributed by atoms with van der Waals surface area (Å²) in [6.07, 6.45) is 3.27. The molecule has 1 aliphatic rings. The first kappa shape index (κ1) is 13.3. The van der Waals surface area contributed by atoms with E-state index in [1.54, 1.807) is 0 Å². The number of aromatic carboxylic acids is 1. The van der Waals surface area contributed by atoms with Crippen LogP contribution in [0.25, 0.3) is 0 Å². The van der Waals surface area contributed by atoms with Crippen LogP contribution in [0.3, 0.4) is 0 Å². The van der Waals surface area contributed by atoms with Gasteiger partial charge in [0.05, 0.1) is 22.7 Å². The van der Waals surface area contributed by atoms with E-state index in [9.17, 15) is 19.3 Å². The molecule has 19 heavy (non-hydrogen) atoms. The van der Waals surface area contributed by atoms with Crippen molar-refractivity contribution in [2.45, 2.75) is 31.8 Å². The molecule has 1 fully saturated rings. The van der Waals surface area contributed by atoms with Crippen molar-refractivity contribution in [3.05, 3.63) is 33.6 Å². The Morgan fingerprint density at radius 1 is 1.42 bits per heavy atom. The molecule has 1 N–H and O–H groups in total. The highest BCUT2D eigenvalue weighted by atomic mass is 19.1. The molecule has 102 valence electrons. The zero-order valence-corrected chi connectivity index (χ0v) is 9.97. The van der Waals surface area contributed by atoms with Gasteiger partial charge in [0.1, 0.15) is 5.82 Å². The van der Waals surface area contributed by atoms with Crippen molar-refractivity contribution >= 4 is 11.7 Å². The molecule has 0 amide bonds. The van der Waals surface area contributed by atoms with Crippen LogP contribution in [0.15, 0.2) is 12.1 Å². The number of ether oxygens (including phenoxy) is 1. The van der Waals surface area contributed by atoms with Crippen molar-refractivity contribution in [3.63, 3.8) is 0 Å². The average Bonchev–Trinajstić information content (AvgIpc) is 2.83. The number of carboxylic acids is 1. The van der Waals surface area contributed by atoms with Gasteiger partial charge in [-0.3, -0.25) is 10.1 Å². The van der Waals surface area contributed by atoms with Gasteiger partial charge in [-0.1, -0.05) is 0 Å². The van der Waals surface area contributed by atoms with Crippen molar-refractivity contribution in [2.24, 2.45) is 0 Å². The van der Waals surface area contributed by atoms with Crippen LogP contribution in [0, 0.1) is 15.9 Å². The molecule has 0 unspecified atom stereocenters. The van der Waals surface area contributed by atoms with E-state index in [1.807, 2.05) is 0 Å². The molecule has 6 nitrogen and oxygen atoms in total. The van der Waals surface area contributed by atoms with Gasteiger partial charge in [-0.2, -0.15) is 0 Å². The standard InChI is InChI=1S/C12H12FNO5/c13-9-6-10(14(17)18)11(5-8(9)12(15)16)19-7-3-1-2-4-7/h5-7H,1-4H2,(H,15,16). The SMILES string of the molecule is O=C(O)c1cc(OC2CCCC2)c([N+](=O)[O-])cc1F. The van der Waals surface area contributed by atoms with Gasteiger partial charge in [0.25, 0.3) is 0 Å².